The normalized spacial score (nSPS) is 10.5. The van der Waals surface area contributed by atoms with E-state index in [9.17, 15) is 10.1 Å². The second-order valence-electron chi connectivity index (χ2n) is 5.60. The summed E-state index contributed by atoms with van der Waals surface area (Å²) in [5.41, 5.74) is 1.11. The van der Waals surface area contributed by atoms with Gasteiger partial charge in [0.1, 0.15) is 6.07 Å². The Morgan fingerprint density at radius 2 is 1.92 bits per heavy atom. The Kier molecular flexibility index (Phi) is 5.10. The quantitative estimate of drug-likeness (QED) is 0.690. The summed E-state index contributed by atoms with van der Waals surface area (Å²) < 4.78 is 11.9. The second-order valence-corrected chi connectivity index (χ2v) is 6.04. The summed E-state index contributed by atoms with van der Waals surface area (Å²) in [4.78, 5) is 17.0. The van der Waals surface area contributed by atoms with Gasteiger partial charge in [-0.25, -0.2) is 4.98 Å². The molecule has 0 amide bonds. The van der Waals surface area contributed by atoms with Gasteiger partial charge in [0.25, 0.3) is 5.56 Å². The van der Waals surface area contributed by atoms with Gasteiger partial charge in [-0.2, -0.15) is 5.26 Å². The summed E-state index contributed by atoms with van der Waals surface area (Å²) in [6.45, 7) is 0.322. The molecule has 3 rings (SSSR count). The van der Waals surface area contributed by atoms with Crippen molar-refractivity contribution in [3.05, 3.63) is 63.2 Å². The molecular weight excluding hydrogens is 354 g/mol. The van der Waals surface area contributed by atoms with E-state index < -0.39 is 0 Å². The fourth-order valence-corrected chi connectivity index (χ4v) is 2.93. The summed E-state index contributed by atoms with van der Waals surface area (Å²) >= 11 is 5.95. The lowest BCUT2D eigenvalue weighted by Gasteiger charge is -2.12. The number of methoxy groups -OCH3 is 2. The van der Waals surface area contributed by atoms with Crippen LogP contribution in [0.2, 0.25) is 5.02 Å². The number of aryl methyl sites for hydroxylation is 1. The highest BCUT2D eigenvalue weighted by Gasteiger charge is 2.12. The fourth-order valence-electron chi connectivity index (χ4n) is 2.76. The number of fused-ring (bicyclic) bond motifs is 1. The van der Waals surface area contributed by atoms with E-state index in [0.717, 1.165) is 5.56 Å². The first-order valence-electron chi connectivity index (χ1n) is 7.88. The maximum absolute atomic E-state index is 12.7. The molecule has 0 aliphatic heterocycles. The molecule has 0 saturated heterocycles. The Morgan fingerprint density at radius 3 is 2.62 bits per heavy atom. The molecule has 0 spiro atoms. The smallest absolute Gasteiger partial charge is 0.262 e. The Bertz CT molecular complexity index is 1070. The highest BCUT2D eigenvalue weighted by molar-refractivity contribution is 6.31. The Labute approximate surface area is 155 Å². The average molecular weight is 370 g/mol. The van der Waals surface area contributed by atoms with E-state index in [-0.39, 0.29) is 11.4 Å². The van der Waals surface area contributed by atoms with Crippen molar-refractivity contribution in [3.8, 4) is 17.6 Å². The molecule has 132 valence electrons. The van der Waals surface area contributed by atoms with E-state index in [2.05, 4.69) is 4.98 Å². The van der Waals surface area contributed by atoms with Crippen LogP contribution >= 0.6 is 11.6 Å². The molecule has 0 fully saturated rings. The van der Waals surface area contributed by atoms with Crippen molar-refractivity contribution in [2.24, 2.45) is 0 Å². The van der Waals surface area contributed by atoms with Crippen LogP contribution in [0.5, 0.6) is 11.5 Å². The van der Waals surface area contributed by atoms with Crippen LogP contribution < -0.4 is 15.0 Å². The number of rotatable bonds is 5. The van der Waals surface area contributed by atoms with E-state index in [4.69, 9.17) is 21.1 Å². The lowest BCUT2D eigenvalue weighted by Crippen LogP contribution is -2.25. The molecule has 1 heterocycles. The van der Waals surface area contributed by atoms with Crippen LogP contribution in [0.15, 0.2) is 41.2 Å². The van der Waals surface area contributed by atoms with Gasteiger partial charge in [-0.1, -0.05) is 17.7 Å². The topological polar surface area (TPSA) is 77.1 Å². The molecule has 0 aliphatic carbocycles. The molecule has 2 aromatic carbocycles. The molecule has 0 bridgehead atoms. The molecule has 0 unspecified atom stereocenters. The summed E-state index contributed by atoms with van der Waals surface area (Å²) in [6.07, 6.45) is 0.537. The van der Waals surface area contributed by atoms with Gasteiger partial charge in [0.15, 0.2) is 11.5 Å². The molecule has 0 saturated carbocycles. The number of halogens is 1. The van der Waals surface area contributed by atoms with Gasteiger partial charge < -0.3 is 9.47 Å². The molecule has 0 radical (unpaired) electrons. The van der Waals surface area contributed by atoms with E-state index >= 15 is 0 Å². The molecular formula is C19H16ClN3O3. The second kappa shape index (κ2) is 7.46. The zero-order chi connectivity index (χ0) is 18.7. The van der Waals surface area contributed by atoms with Gasteiger partial charge in [-0.3, -0.25) is 9.36 Å². The summed E-state index contributed by atoms with van der Waals surface area (Å²) in [5, 5.41) is 10.3. The fraction of sp³-hybridized carbons (Fsp3) is 0.211. The first-order chi connectivity index (χ1) is 12.6. The minimum Gasteiger partial charge on any atom is -0.493 e. The van der Waals surface area contributed by atoms with Crippen molar-refractivity contribution in [1.82, 2.24) is 9.55 Å². The molecule has 6 nitrogen and oxygen atoms in total. The summed E-state index contributed by atoms with van der Waals surface area (Å²) in [5.74, 6) is 1.31. The van der Waals surface area contributed by atoms with Crippen LogP contribution in [-0.4, -0.2) is 23.8 Å². The first kappa shape index (κ1) is 17.8. The first-order valence-corrected chi connectivity index (χ1v) is 8.26. The zero-order valence-electron chi connectivity index (χ0n) is 14.3. The van der Waals surface area contributed by atoms with Crippen LogP contribution in [0.3, 0.4) is 0 Å². The van der Waals surface area contributed by atoms with Gasteiger partial charge in [-0.05, 0) is 42.3 Å². The van der Waals surface area contributed by atoms with E-state index in [1.54, 1.807) is 32.4 Å². The molecule has 26 heavy (non-hydrogen) atoms. The summed E-state index contributed by atoms with van der Waals surface area (Å²) in [6, 6.07) is 12.4. The molecule has 0 aliphatic rings. The van der Waals surface area contributed by atoms with Gasteiger partial charge in [0.05, 0.1) is 25.1 Å². The van der Waals surface area contributed by atoms with Crippen molar-refractivity contribution in [1.29, 1.82) is 5.26 Å². The van der Waals surface area contributed by atoms with Crippen molar-refractivity contribution in [2.45, 2.75) is 13.0 Å². The van der Waals surface area contributed by atoms with Crippen LogP contribution in [0, 0.1) is 11.3 Å². The number of ether oxygens (including phenoxy) is 2. The maximum atomic E-state index is 12.7. The highest BCUT2D eigenvalue weighted by Crippen LogP contribution is 2.27. The van der Waals surface area contributed by atoms with E-state index in [1.807, 2.05) is 24.3 Å². The number of benzene rings is 2. The van der Waals surface area contributed by atoms with Crippen molar-refractivity contribution < 1.29 is 9.47 Å². The highest BCUT2D eigenvalue weighted by atomic mass is 35.5. The van der Waals surface area contributed by atoms with E-state index in [0.29, 0.717) is 40.4 Å². The monoisotopic (exact) mass is 369 g/mol. The molecule has 7 heteroatoms. The Balaban J connectivity index is 1.96. The number of nitrogens with zero attached hydrogens (tertiary/aromatic N) is 3. The SMILES string of the molecule is COc1ccc(CCn2c(C#N)nc3cc(Cl)ccc3c2=O)cc1OC. The third-order valence-corrected chi connectivity index (χ3v) is 4.32. The third-order valence-electron chi connectivity index (χ3n) is 4.09. The lowest BCUT2D eigenvalue weighted by molar-refractivity contribution is 0.354. The Morgan fingerprint density at radius 1 is 1.15 bits per heavy atom. The maximum Gasteiger partial charge on any atom is 0.262 e. The predicted octanol–water partition coefficient (Wildman–Crippen LogP) is 3.18. The number of hydrogen-bond donors (Lipinski definition) is 0. The van der Waals surface area contributed by atoms with Gasteiger partial charge in [0, 0.05) is 11.6 Å². The average Bonchev–Trinajstić information content (AvgIpc) is 2.66. The van der Waals surface area contributed by atoms with Crippen molar-refractivity contribution in [2.75, 3.05) is 14.2 Å². The molecule has 1 aromatic heterocycles. The summed E-state index contributed by atoms with van der Waals surface area (Å²) in [7, 11) is 3.14. The molecule has 0 N–H and O–H groups in total. The van der Waals surface area contributed by atoms with Gasteiger partial charge in [0.2, 0.25) is 5.82 Å². The number of aromatic nitrogens is 2. The van der Waals surface area contributed by atoms with Gasteiger partial charge >= 0.3 is 0 Å². The number of hydrogen-bond acceptors (Lipinski definition) is 5. The molecule has 0 atom stereocenters. The van der Waals surface area contributed by atoms with Crippen LogP contribution in [-0.2, 0) is 13.0 Å². The largest absolute Gasteiger partial charge is 0.493 e. The van der Waals surface area contributed by atoms with E-state index in [1.165, 1.54) is 4.57 Å². The zero-order valence-corrected chi connectivity index (χ0v) is 15.1. The van der Waals surface area contributed by atoms with Crippen molar-refractivity contribution in [3.63, 3.8) is 0 Å². The minimum atomic E-state index is -0.260. The molecule has 3 aromatic rings. The predicted molar refractivity (Wildman–Crippen MR) is 99.0 cm³/mol. The third kappa shape index (κ3) is 3.35. The van der Waals surface area contributed by atoms with Gasteiger partial charge in [-0.15, -0.1) is 0 Å². The number of nitriles is 1. The standard InChI is InChI=1S/C19H16ClN3O3/c1-25-16-6-3-12(9-17(16)26-2)7-8-23-18(11-21)22-15-10-13(20)4-5-14(15)19(23)24/h3-6,9-10H,7-8H2,1-2H3. The van der Waals surface area contributed by atoms with Crippen LogP contribution in [0.4, 0.5) is 0 Å². The minimum absolute atomic E-state index is 0.0604. The van der Waals surface area contributed by atoms with Crippen LogP contribution in [0.1, 0.15) is 11.4 Å². The lowest BCUT2D eigenvalue weighted by atomic mass is 10.1. The Hall–Kier alpha value is -3.04. The van der Waals surface area contributed by atoms with Crippen LogP contribution in [0.25, 0.3) is 10.9 Å². The van der Waals surface area contributed by atoms with Crippen molar-refractivity contribution >= 4 is 22.5 Å².